The molecule has 0 aliphatic rings. The SMILES string of the molecule is CN(C)P(Cl)(c1ccccc1)(c1ccccc1)c1ccccc1CC(=O)c1ccccc1. The standard InChI is InChI=1S/C28H27ClNOP/c1-30(2)32(29,25-17-8-4-9-18-25,26-19-10-5-11-20-26)28-21-13-12-16-24(28)22-27(31)23-14-6-3-7-15-23/h3-21H,22H2,1-2H3. The van der Waals surface area contributed by atoms with Gasteiger partial charge in [-0.1, -0.05) is 0 Å². The van der Waals surface area contributed by atoms with E-state index in [4.69, 9.17) is 11.2 Å². The van der Waals surface area contributed by atoms with Gasteiger partial charge in [-0.2, -0.15) is 0 Å². The van der Waals surface area contributed by atoms with Gasteiger partial charge in [0.1, 0.15) is 0 Å². The third-order valence-corrected chi connectivity index (χ3v) is 14.0. The summed E-state index contributed by atoms with van der Waals surface area (Å²) >= 11 is 8.09. The summed E-state index contributed by atoms with van der Waals surface area (Å²) in [4.78, 5) is 13.2. The Morgan fingerprint density at radius 1 is 0.688 bits per heavy atom. The van der Waals surface area contributed by atoms with Gasteiger partial charge in [0, 0.05) is 0 Å². The Bertz CT molecular complexity index is 1170. The van der Waals surface area contributed by atoms with Crippen molar-refractivity contribution in [2.45, 2.75) is 6.42 Å². The van der Waals surface area contributed by atoms with Gasteiger partial charge in [-0.25, -0.2) is 0 Å². The molecule has 2 nitrogen and oxygen atoms in total. The Labute approximate surface area is 195 Å². The van der Waals surface area contributed by atoms with E-state index in [0.29, 0.717) is 5.56 Å². The third kappa shape index (κ3) is 3.59. The topological polar surface area (TPSA) is 20.3 Å². The molecule has 0 bridgehead atoms. The zero-order valence-electron chi connectivity index (χ0n) is 18.4. The molecule has 4 heteroatoms. The average Bonchev–Trinajstić information content (AvgIpc) is 2.85. The first-order chi connectivity index (χ1) is 15.5. The summed E-state index contributed by atoms with van der Waals surface area (Å²) in [6.07, 6.45) is -3.29. The summed E-state index contributed by atoms with van der Waals surface area (Å²) in [6, 6.07) is 38.1. The number of hydrogen-bond donors (Lipinski definition) is 0. The Hall–Kier alpha value is -2.77. The molecule has 4 aromatic carbocycles. The average molecular weight is 460 g/mol. The van der Waals surface area contributed by atoms with E-state index in [0.717, 1.165) is 21.5 Å². The molecule has 4 aromatic rings. The van der Waals surface area contributed by atoms with E-state index in [9.17, 15) is 4.79 Å². The van der Waals surface area contributed by atoms with Crippen LogP contribution in [0.2, 0.25) is 0 Å². The molecule has 4 rings (SSSR count). The van der Waals surface area contributed by atoms with Gasteiger partial charge in [0.2, 0.25) is 0 Å². The predicted molar refractivity (Wildman–Crippen MR) is 139 cm³/mol. The van der Waals surface area contributed by atoms with E-state index in [1.807, 2.05) is 99.0 Å². The summed E-state index contributed by atoms with van der Waals surface area (Å²) in [7, 11) is 4.08. The van der Waals surface area contributed by atoms with Crippen LogP contribution in [-0.2, 0) is 6.42 Å². The maximum atomic E-state index is 13.2. The first-order valence-corrected chi connectivity index (χ1v) is 13.7. The number of hydrogen-bond acceptors (Lipinski definition) is 2. The van der Waals surface area contributed by atoms with E-state index >= 15 is 0 Å². The van der Waals surface area contributed by atoms with Gasteiger partial charge < -0.3 is 0 Å². The first kappa shape index (κ1) is 22.4. The van der Waals surface area contributed by atoms with Gasteiger partial charge in [-0.05, 0) is 0 Å². The third-order valence-electron chi connectivity index (χ3n) is 6.08. The van der Waals surface area contributed by atoms with Crippen LogP contribution in [0.5, 0.6) is 0 Å². The second-order valence-corrected chi connectivity index (χ2v) is 14.3. The molecular formula is C28H27ClNOP. The van der Waals surface area contributed by atoms with Crippen LogP contribution in [-0.4, -0.2) is 24.5 Å². The van der Waals surface area contributed by atoms with Crippen LogP contribution in [0.15, 0.2) is 115 Å². The van der Waals surface area contributed by atoms with Gasteiger partial charge in [0.05, 0.1) is 0 Å². The van der Waals surface area contributed by atoms with Crippen molar-refractivity contribution in [2.75, 3.05) is 14.1 Å². The number of ketones is 1. The number of rotatable bonds is 7. The Balaban J connectivity index is 2.00. The van der Waals surface area contributed by atoms with Gasteiger partial charge in [0.25, 0.3) is 0 Å². The second-order valence-electron chi connectivity index (χ2n) is 8.08. The minimum atomic E-state index is -3.58. The van der Waals surface area contributed by atoms with Crippen LogP contribution < -0.4 is 15.9 Å². The molecule has 162 valence electrons. The fraction of sp³-hybridized carbons (Fsp3) is 0.107. The molecule has 0 spiro atoms. The molecule has 0 N–H and O–H groups in total. The normalized spacial score (nSPS) is 12.8. The maximum absolute atomic E-state index is 13.2. The summed E-state index contributed by atoms with van der Waals surface area (Å²) in [5.41, 5.74) is 1.66. The van der Waals surface area contributed by atoms with Crippen molar-refractivity contribution in [1.29, 1.82) is 0 Å². The minimum absolute atomic E-state index is 0.0830. The molecule has 0 atom stereocenters. The van der Waals surface area contributed by atoms with Crippen molar-refractivity contribution in [3.63, 3.8) is 0 Å². The van der Waals surface area contributed by atoms with E-state index in [2.05, 4.69) is 35.0 Å². The van der Waals surface area contributed by atoms with Crippen LogP contribution in [0.1, 0.15) is 15.9 Å². The fourth-order valence-electron chi connectivity index (χ4n) is 4.46. The van der Waals surface area contributed by atoms with E-state index in [1.165, 1.54) is 0 Å². The van der Waals surface area contributed by atoms with Crippen LogP contribution in [0.3, 0.4) is 0 Å². The Morgan fingerprint density at radius 2 is 1.12 bits per heavy atom. The van der Waals surface area contributed by atoms with Gasteiger partial charge >= 0.3 is 195 Å². The van der Waals surface area contributed by atoms with Crippen molar-refractivity contribution < 1.29 is 4.79 Å². The van der Waals surface area contributed by atoms with Crippen LogP contribution in [0, 0.1) is 0 Å². The van der Waals surface area contributed by atoms with Crippen LogP contribution in [0.4, 0.5) is 0 Å². The molecule has 0 aromatic heterocycles. The Kier molecular flexibility index (Phi) is 6.31. The summed E-state index contributed by atoms with van der Waals surface area (Å²) in [5.74, 6) is 0.0830. The van der Waals surface area contributed by atoms with Crippen molar-refractivity contribution in [2.24, 2.45) is 0 Å². The molecule has 0 aliphatic heterocycles. The fourth-order valence-corrected chi connectivity index (χ4v) is 10.3. The number of carbonyl (C=O) groups excluding carboxylic acids is 1. The number of carbonyl (C=O) groups is 1. The molecule has 0 aliphatic carbocycles. The molecule has 0 heterocycles. The van der Waals surface area contributed by atoms with E-state index in [-0.39, 0.29) is 12.2 Å². The summed E-state index contributed by atoms with van der Waals surface area (Å²) in [6.45, 7) is 0. The van der Waals surface area contributed by atoms with Gasteiger partial charge in [0.15, 0.2) is 0 Å². The first-order valence-electron chi connectivity index (χ1n) is 10.7. The van der Waals surface area contributed by atoms with Gasteiger partial charge in [-0.15, -0.1) is 0 Å². The molecule has 0 saturated carbocycles. The number of nitrogens with zero attached hydrogens (tertiary/aromatic N) is 1. The number of halogens is 1. The molecule has 32 heavy (non-hydrogen) atoms. The molecule has 0 saturated heterocycles. The molecule has 0 radical (unpaired) electrons. The van der Waals surface area contributed by atoms with E-state index in [1.54, 1.807) is 0 Å². The molecule has 0 amide bonds. The van der Waals surface area contributed by atoms with Gasteiger partial charge in [-0.3, -0.25) is 0 Å². The Morgan fingerprint density at radius 3 is 1.62 bits per heavy atom. The zero-order chi connectivity index (χ0) is 22.6. The quantitative estimate of drug-likeness (QED) is 0.266. The van der Waals surface area contributed by atoms with Crippen molar-refractivity contribution in [1.82, 2.24) is 4.67 Å². The molecular weight excluding hydrogens is 433 g/mol. The predicted octanol–water partition coefficient (Wildman–Crippen LogP) is 5.57. The monoisotopic (exact) mass is 459 g/mol. The van der Waals surface area contributed by atoms with Crippen molar-refractivity contribution in [3.05, 3.63) is 126 Å². The molecule has 0 unspecified atom stereocenters. The molecule has 0 fully saturated rings. The van der Waals surface area contributed by atoms with Crippen LogP contribution in [0.25, 0.3) is 0 Å². The second kappa shape index (κ2) is 9.00. The summed E-state index contributed by atoms with van der Waals surface area (Å²) in [5, 5.41) is 3.11. The number of benzene rings is 4. The summed E-state index contributed by atoms with van der Waals surface area (Å²) < 4.78 is 2.17. The zero-order valence-corrected chi connectivity index (χ0v) is 20.0. The number of Topliss-reactive ketones (excluding diaryl/α,β-unsaturated/α-hetero) is 1. The van der Waals surface area contributed by atoms with Crippen LogP contribution >= 0.6 is 17.3 Å². The van der Waals surface area contributed by atoms with Crippen molar-refractivity contribution in [3.8, 4) is 0 Å². The van der Waals surface area contributed by atoms with E-state index < -0.39 is 6.11 Å². The van der Waals surface area contributed by atoms with Crippen molar-refractivity contribution >= 4 is 39.0 Å².